The number of amides is 2. The Balaban J connectivity index is 1.29. The van der Waals surface area contributed by atoms with Gasteiger partial charge in [0.15, 0.2) is 5.79 Å². The van der Waals surface area contributed by atoms with E-state index in [0.29, 0.717) is 35.9 Å². The molecule has 0 bridgehead atoms. The maximum absolute atomic E-state index is 13.0. The van der Waals surface area contributed by atoms with Crippen molar-refractivity contribution in [2.75, 3.05) is 49.4 Å². The Labute approximate surface area is 196 Å². The van der Waals surface area contributed by atoms with Gasteiger partial charge in [0, 0.05) is 49.0 Å². The zero-order chi connectivity index (χ0) is 22.8. The van der Waals surface area contributed by atoms with Crippen LogP contribution in [0.3, 0.4) is 0 Å². The number of hydrogen-bond donors (Lipinski definition) is 1. The van der Waals surface area contributed by atoms with E-state index in [1.165, 1.54) is 16.7 Å². The minimum atomic E-state index is -0.440. The van der Waals surface area contributed by atoms with Crippen LogP contribution in [0.5, 0.6) is 0 Å². The van der Waals surface area contributed by atoms with Crippen molar-refractivity contribution >= 4 is 40.2 Å². The van der Waals surface area contributed by atoms with Gasteiger partial charge in [0.2, 0.25) is 5.91 Å². The van der Waals surface area contributed by atoms with E-state index in [2.05, 4.69) is 21.3 Å². The number of piperidine rings is 1. The smallest absolute Gasteiger partial charge is 0.252 e. The van der Waals surface area contributed by atoms with Crippen LogP contribution in [0.4, 0.5) is 5.69 Å². The van der Waals surface area contributed by atoms with Crippen molar-refractivity contribution in [2.45, 2.75) is 24.7 Å². The second kappa shape index (κ2) is 9.17. The standard InChI is InChI=1S/C23H25N5O4S/c24-12-17-14-33-15-28(17)21(29)13-26-22(30)18-3-6-25-20-2-1-16(11-19(18)20)27-7-4-23(5-8-27)31-9-10-32-23/h1-3,6,11,17H,4-5,7-10,13-15H2,(H,26,30)/t17-/m1/s1. The Bertz CT molecular complexity index is 1100. The molecule has 3 aliphatic heterocycles. The van der Waals surface area contributed by atoms with E-state index >= 15 is 0 Å². The zero-order valence-electron chi connectivity index (χ0n) is 18.2. The summed E-state index contributed by atoms with van der Waals surface area (Å²) in [6.45, 7) is 2.76. The molecule has 5 rings (SSSR count). The minimum absolute atomic E-state index is 0.144. The van der Waals surface area contributed by atoms with Gasteiger partial charge in [0.05, 0.1) is 42.8 Å². The second-order valence-corrected chi connectivity index (χ2v) is 9.35. The number of nitrogens with one attached hydrogen (secondary N) is 1. The number of pyridine rings is 1. The number of benzene rings is 1. The molecule has 1 atom stereocenters. The Hall–Kier alpha value is -2.87. The zero-order valence-corrected chi connectivity index (χ0v) is 19.0. The van der Waals surface area contributed by atoms with Crippen LogP contribution in [-0.4, -0.2) is 78.0 Å². The number of thioether (sulfide) groups is 1. The molecule has 0 saturated carbocycles. The van der Waals surface area contributed by atoms with E-state index in [1.807, 2.05) is 18.2 Å². The highest BCUT2D eigenvalue weighted by Crippen LogP contribution is 2.34. The number of carbonyl (C=O) groups is 2. The normalized spacial score (nSPS) is 22.0. The summed E-state index contributed by atoms with van der Waals surface area (Å²) in [4.78, 5) is 33.6. The Morgan fingerprint density at radius 1 is 1.24 bits per heavy atom. The lowest BCUT2D eigenvalue weighted by Crippen LogP contribution is -2.45. The molecule has 33 heavy (non-hydrogen) atoms. The van der Waals surface area contributed by atoms with E-state index in [0.717, 1.165) is 37.0 Å². The summed E-state index contributed by atoms with van der Waals surface area (Å²) in [6, 6.07) is 9.28. The van der Waals surface area contributed by atoms with Crippen LogP contribution in [0.2, 0.25) is 0 Å². The summed E-state index contributed by atoms with van der Waals surface area (Å²) in [6.07, 6.45) is 3.19. The number of nitrogens with zero attached hydrogens (tertiary/aromatic N) is 4. The minimum Gasteiger partial charge on any atom is -0.371 e. The molecule has 1 N–H and O–H groups in total. The van der Waals surface area contributed by atoms with Crippen LogP contribution < -0.4 is 10.2 Å². The van der Waals surface area contributed by atoms with Gasteiger partial charge in [0.1, 0.15) is 6.04 Å². The lowest BCUT2D eigenvalue weighted by molar-refractivity contribution is -0.169. The molecule has 172 valence electrons. The van der Waals surface area contributed by atoms with Crippen molar-refractivity contribution in [3.05, 3.63) is 36.0 Å². The molecule has 0 unspecified atom stereocenters. The molecule has 3 saturated heterocycles. The van der Waals surface area contributed by atoms with E-state index in [-0.39, 0.29) is 18.4 Å². The van der Waals surface area contributed by atoms with Crippen LogP contribution >= 0.6 is 11.8 Å². The van der Waals surface area contributed by atoms with Gasteiger partial charge in [-0.25, -0.2) is 0 Å². The number of fused-ring (bicyclic) bond motifs is 1. The molecule has 0 radical (unpaired) electrons. The third kappa shape index (κ3) is 4.36. The number of nitriles is 1. The Morgan fingerprint density at radius 3 is 2.79 bits per heavy atom. The number of aromatic nitrogens is 1. The van der Waals surface area contributed by atoms with Crippen molar-refractivity contribution in [1.82, 2.24) is 15.2 Å². The molecule has 1 aromatic carbocycles. The first-order valence-electron chi connectivity index (χ1n) is 11.1. The van der Waals surface area contributed by atoms with Crippen LogP contribution in [0.1, 0.15) is 23.2 Å². The van der Waals surface area contributed by atoms with Crippen molar-refractivity contribution in [2.24, 2.45) is 0 Å². The molecule has 10 heteroatoms. The second-order valence-electron chi connectivity index (χ2n) is 8.35. The Kier molecular flexibility index (Phi) is 6.10. The summed E-state index contributed by atoms with van der Waals surface area (Å²) in [5.41, 5.74) is 2.20. The van der Waals surface area contributed by atoms with E-state index < -0.39 is 11.8 Å². The molecule has 9 nitrogen and oxygen atoms in total. The third-order valence-electron chi connectivity index (χ3n) is 6.43. The highest BCUT2D eigenvalue weighted by molar-refractivity contribution is 7.99. The maximum atomic E-state index is 13.0. The number of ether oxygens (including phenoxy) is 2. The fraction of sp³-hybridized carbons (Fsp3) is 0.478. The summed E-state index contributed by atoms with van der Waals surface area (Å²) in [5.74, 6) is 0.0484. The fourth-order valence-electron chi connectivity index (χ4n) is 4.57. The maximum Gasteiger partial charge on any atom is 0.252 e. The number of hydrogen-bond acceptors (Lipinski definition) is 8. The average molecular weight is 468 g/mol. The number of anilines is 1. The monoisotopic (exact) mass is 467 g/mol. The summed E-state index contributed by atoms with van der Waals surface area (Å²) >= 11 is 1.54. The van der Waals surface area contributed by atoms with Gasteiger partial charge < -0.3 is 24.6 Å². The third-order valence-corrected chi connectivity index (χ3v) is 7.44. The van der Waals surface area contributed by atoms with Gasteiger partial charge in [-0.15, -0.1) is 11.8 Å². The molecule has 1 aromatic heterocycles. The van der Waals surface area contributed by atoms with Gasteiger partial charge in [0.25, 0.3) is 5.91 Å². The number of carbonyl (C=O) groups excluding carboxylic acids is 2. The van der Waals surface area contributed by atoms with Crippen LogP contribution in [0, 0.1) is 11.3 Å². The highest BCUT2D eigenvalue weighted by Gasteiger charge is 2.39. The van der Waals surface area contributed by atoms with Crippen molar-refractivity contribution in [1.29, 1.82) is 5.26 Å². The molecule has 2 aromatic rings. The molecule has 0 aliphatic carbocycles. The SMILES string of the molecule is N#C[C@@H]1CSCN1C(=O)CNC(=O)c1ccnc2ccc(N3CCC4(CC3)OCCO4)cc12. The van der Waals surface area contributed by atoms with Gasteiger partial charge in [-0.3, -0.25) is 14.6 Å². The summed E-state index contributed by atoms with van der Waals surface area (Å²) < 4.78 is 11.6. The van der Waals surface area contributed by atoms with Crippen LogP contribution in [0.15, 0.2) is 30.5 Å². The first-order valence-corrected chi connectivity index (χ1v) is 12.2. The first-order chi connectivity index (χ1) is 16.1. The fourth-order valence-corrected chi connectivity index (χ4v) is 5.67. The highest BCUT2D eigenvalue weighted by atomic mass is 32.2. The summed E-state index contributed by atoms with van der Waals surface area (Å²) in [5, 5.41) is 12.6. The molecular formula is C23H25N5O4S. The van der Waals surface area contributed by atoms with E-state index in [1.54, 1.807) is 12.3 Å². The molecule has 2 amide bonds. The van der Waals surface area contributed by atoms with Crippen LogP contribution in [0.25, 0.3) is 10.9 Å². The molecule has 4 heterocycles. The van der Waals surface area contributed by atoms with Crippen molar-refractivity contribution in [3.63, 3.8) is 0 Å². The lowest BCUT2D eigenvalue weighted by Gasteiger charge is -2.38. The molecule has 3 fully saturated rings. The van der Waals surface area contributed by atoms with Crippen LogP contribution in [-0.2, 0) is 14.3 Å². The van der Waals surface area contributed by atoms with E-state index in [9.17, 15) is 14.9 Å². The Morgan fingerprint density at radius 2 is 2.03 bits per heavy atom. The summed E-state index contributed by atoms with van der Waals surface area (Å²) in [7, 11) is 0. The van der Waals surface area contributed by atoms with Gasteiger partial charge in [-0.2, -0.15) is 5.26 Å². The van der Waals surface area contributed by atoms with Gasteiger partial charge in [-0.05, 0) is 24.3 Å². The molecular weight excluding hydrogens is 442 g/mol. The van der Waals surface area contributed by atoms with Crippen molar-refractivity contribution < 1.29 is 19.1 Å². The average Bonchev–Trinajstić information content (AvgIpc) is 3.52. The van der Waals surface area contributed by atoms with Crippen molar-refractivity contribution in [3.8, 4) is 6.07 Å². The van der Waals surface area contributed by atoms with E-state index in [4.69, 9.17) is 9.47 Å². The quantitative estimate of drug-likeness (QED) is 0.725. The van der Waals surface area contributed by atoms with Gasteiger partial charge >= 0.3 is 0 Å². The molecule has 1 spiro atoms. The predicted molar refractivity (Wildman–Crippen MR) is 124 cm³/mol. The number of rotatable bonds is 4. The molecule has 3 aliphatic rings. The van der Waals surface area contributed by atoms with Gasteiger partial charge in [-0.1, -0.05) is 0 Å². The predicted octanol–water partition coefficient (Wildman–Crippen LogP) is 1.73. The first kappa shape index (κ1) is 21.9. The largest absolute Gasteiger partial charge is 0.371 e. The lowest BCUT2D eigenvalue weighted by atomic mass is 10.0. The topological polar surface area (TPSA) is 108 Å².